The second-order valence-corrected chi connectivity index (χ2v) is 5.72. The highest BCUT2D eigenvalue weighted by molar-refractivity contribution is 6.38. The minimum Gasteiger partial charge on any atom is -0.349 e. The van der Waals surface area contributed by atoms with Crippen LogP contribution in [0.1, 0.15) is 13.8 Å². The number of hydrogen-bond acceptors (Lipinski definition) is 6. The highest BCUT2D eigenvalue weighted by atomic mass is 16.5. The van der Waals surface area contributed by atoms with Crippen molar-refractivity contribution in [2.24, 2.45) is 0 Å². The molecule has 0 aliphatic carbocycles. The van der Waals surface area contributed by atoms with Crippen molar-refractivity contribution in [1.29, 1.82) is 0 Å². The van der Waals surface area contributed by atoms with Crippen LogP contribution in [-0.4, -0.2) is 84.5 Å². The van der Waals surface area contributed by atoms with Crippen LogP contribution in [0.25, 0.3) is 0 Å². The third-order valence-corrected chi connectivity index (χ3v) is 4.21. The molecule has 0 aromatic carbocycles. The van der Waals surface area contributed by atoms with Crippen molar-refractivity contribution in [2.75, 3.05) is 33.3 Å². The lowest BCUT2D eigenvalue weighted by Crippen LogP contribution is -2.75. The molecule has 2 aliphatic rings. The maximum Gasteiger partial charge on any atom is 0.325 e. The summed E-state index contributed by atoms with van der Waals surface area (Å²) in [6.45, 7) is 3.89. The van der Waals surface area contributed by atoms with E-state index in [0.29, 0.717) is 6.54 Å². The van der Waals surface area contributed by atoms with Gasteiger partial charge in [0.25, 0.3) is 5.91 Å². The number of nitrogens with one attached hydrogen (secondary N) is 3. The summed E-state index contributed by atoms with van der Waals surface area (Å²) in [5, 5.41) is 7.19. The molecule has 2 atom stereocenters. The van der Waals surface area contributed by atoms with E-state index < -0.39 is 41.4 Å². The number of likely N-dealkylation sites (N-methyl/N-ethyl adjacent to an activating group) is 1. The van der Waals surface area contributed by atoms with Crippen LogP contribution in [-0.2, 0) is 23.9 Å². The molecule has 2 saturated heterocycles. The SMILES string of the molecule is CCN1CCN(C(=O)NC(C)C(=O)NC2(OC)CNC2=O)C(=O)C1=O. The Bertz CT molecular complexity index is 619. The first kappa shape index (κ1) is 18.6. The van der Waals surface area contributed by atoms with E-state index in [1.807, 2.05) is 0 Å². The third-order valence-electron chi connectivity index (χ3n) is 4.21. The Kier molecular flexibility index (Phi) is 5.26. The number of β-lactam (4-membered cyclic amide) rings is 1. The molecule has 0 spiro atoms. The number of carbonyl (C=O) groups is 5. The quantitative estimate of drug-likeness (QED) is 0.280. The summed E-state index contributed by atoms with van der Waals surface area (Å²) < 4.78 is 5.01. The zero-order chi connectivity index (χ0) is 18.8. The van der Waals surface area contributed by atoms with Gasteiger partial charge in [0, 0.05) is 26.7 Å². The molecule has 2 unspecified atom stereocenters. The molecule has 0 saturated carbocycles. The lowest BCUT2D eigenvalue weighted by atomic mass is 10.1. The summed E-state index contributed by atoms with van der Waals surface area (Å²) in [6, 6.07) is -1.89. The minimum atomic E-state index is -1.45. The third kappa shape index (κ3) is 3.40. The van der Waals surface area contributed by atoms with E-state index in [1.165, 1.54) is 18.9 Å². The average molecular weight is 355 g/mol. The summed E-state index contributed by atoms with van der Waals surface area (Å²) >= 11 is 0. The summed E-state index contributed by atoms with van der Waals surface area (Å²) in [4.78, 5) is 61.7. The van der Waals surface area contributed by atoms with E-state index in [-0.39, 0.29) is 19.6 Å². The summed E-state index contributed by atoms with van der Waals surface area (Å²) in [5.74, 6) is -2.84. The fourth-order valence-corrected chi connectivity index (χ4v) is 2.44. The van der Waals surface area contributed by atoms with Gasteiger partial charge in [-0.25, -0.2) is 4.79 Å². The topological polar surface area (TPSA) is 137 Å². The molecule has 138 valence electrons. The molecule has 2 fully saturated rings. The van der Waals surface area contributed by atoms with Crippen LogP contribution in [0.5, 0.6) is 0 Å². The van der Waals surface area contributed by atoms with E-state index in [1.54, 1.807) is 6.92 Å². The second kappa shape index (κ2) is 7.05. The maximum absolute atomic E-state index is 12.2. The molecular weight excluding hydrogens is 334 g/mol. The van der Waals surface area contributed by atoms with E-state index in [2.05, 4.69) is 16.0 Å². The van der Waals surface area contributed by atoms with Gasteiger partial charge in [0.1, 0.15) is 6.04 Å². The lowest BCUT2D eigenvalue weighted by molar-refractivity contribution is -0.167. The summed E-state index contributed by atoms with van der Waals surface area (Å²) in [7, 11) is 1.28. The fraction of sp³-hybridized carbons (Fsp3) is 0.643. The number of piperazine rings is 1. The first-order chi connectivity index (χ1) is 11.8. The number of imide groups is 1. The van der Waals surface area contributed by atoms with Crippen molar-refractivity contribution in [2.45, 2.75) is 25.6 Å². The predicted octanol–water partition coefficient (Wildman–Crippen LogP) is -2.64. The Balaban J connectivity index is 1.93. The molecule has 3 N–H and O–H groups in total. The van der Waals surface area contributed by atoms with Gasteiger partial charge >= 0.3 is 17.8 Å². The molecule has 25 heavy (non-hydrogen) atoms. The van der Waals surface area contributed by atoms with Crippen LogP contribution >= 0.6 is 0 Å². The molecule has 0 radical (unpaired) electrons. The van der Waals surface area contributed by atoms with Gasteiger partial charge in [0.15, 0.2) is 0 Å². The average Bonchev–Trinajstić information content (AvgIpc) is 2.59. The normalized spacial score (nSPS) is 24.4. The van der Waals surface area contributed by atoms with Gasteiger partial charge in [-0.1, -0.05) is 0 Å². The van der Waals surface area contributed by atoms with Crippen LogP contribution in [0, 0.1) is 0 Å². The number of urea groups is 1. The van der Waals surface area contributed by atoms with Gasteiger partial charge in [-0.2, -0.15) is 0 Å². The van der Waals surface area contributed by atoms with E-state index in [0.717, 1.165) is 4.90 Å². The molecule has 0 bridgehead atoms. The summed E-state index contributed by atoms with van der Waals surface area (Å²) in [6.07, 6.45) is 0. The van der Waals surface area contributed by atoms with Crippen LogP contribution in [0.3, 0.4) is 0 Å². The van der Waals surface area contributed by atoms with Crippen molar-refractivity contribution >= 4 is 29.7 Å². The van der Waals surface area contributed by atoms with Gasteiger partial charge in [-0.05, 0) is 13.8 Å². The molecule has 2 rings (SSSR count). The molecule has 6 amide bonds. The molecule has 2 aliphatic heterocycles. The number of nitrogens with zero attached hydrogens (tertiary/aromatic N) is 2. The molecular formula is C14H21N5O6. The van der Waals surface area contributed by atoms with E-state index in [9.17, 15) is 24.0 Å². The second-order valence-electron chi connectivity index (χ2n) is 5.72. The first-order valence-corrected chi connectivity index (χ1v) is 7.82. The smallest absolute Gasteiger partial charge is 0.325 e. The van der Waals surface area contributed by atoms with Crippen LogP contribution in [0.15, 0.2) is 0 Å². The van der Waals surface area contributed by atoms with Crippen molar-refractivity contribution in [1.82, 2.24) is 25.8 Å². The number of methoxy groups -OCH3 is 1. The molecule has 0 aromatic rings. The van der Waals surface area contributed by atoms with Gasteiger partial charge in [0.05, 0.1) is 6.54 Å². The highest BCUT2D eigenvalue weighted by Gasteiger charge is 2.49. The lowest BCUT2D eigenvalue weighted by Gasteiger charge is -2.40. The monoisotopic (exact) mass is 355 g/mol. The molecule has 11 heteroatoms. The Labute approximate surface area is 144 Å². The number of amides is 6. The van der Waals surface area contributed by atoms with E-state index in [4.69, 9.17) is 4.74 Å². The Morgan fingerprint density at radius 1 is 1.28 bits per heavy atom. The zero-order valence-corrected chi connectivity index (χ0v) is 14.2. The van der Waals surface area contributed by atoms with Gasteiger partial charge in [-0.15, -0.1) is 0 Å². The molecule has 2 heterocycles. The van der Waals surface area contributed by atoms with Gasteiger partial charge in [0.2, 0.25) is 11.6 Å². The van der Waals surface area contributed by atoms with Crippen molar-refractivity contribution < 1.29 is 28.7 Å². The van der Waals surface area contributed by atoms with E-state index >= 15 is 0 Å². The number of hydrogen-bond donors (Lipinski definition) is 3. The standard InChI is InChI=1S/C14H21N5O6/c1-4-18-5-6-19(11(22)10(18)21)13(24)16-8(2)9(20)17-14(25-3)7-15-12(14)23/h8H,4-7H2,1-3H3,(H,15,23)(H,16,24)(H,17,20). The largest absolute Gasteiger partial charge is 0.349 e. The number of carbonyl (C=O) groups excluding carboxylic acids is 5. The van der Waals surface area contributed by atoms with Crippen molar-refractivity contribution in [3.63, 3.8) is 0 Å². The van der Waals surface area contributed by atoms with Gasteiger partial charge in [-0.3, -0.25) is 24.1 Å². The Hall–Kier alpha value is -2.69. The predicted molar refractivity (Wildman–Crippen MR) is 82.9 cm³/mol. The zero-order valence-electron chi connectivity index (χ0n) is 14.2. The Morgan fingerprint density at radius 2 is 1.96 bits per heavy atom. The molecule has 0 aromatic heterocycles. The molecule has 11 nitrogen and oxygen atoms in total. The van der Waals surface area contributed by atoms with Crippen LogP contribution < -0.4 is 16.0 Å². The summed E-state index contributed by atoms with van der Waals surface area (Å²) in [5.41, 5.74) is -1.45. The van der Waals surface area contributed by atoms with Gasteiger partial charge < -0.3 is 25.6 Å². The minimum absolute atomic E-state index is 0.0446. The van der Waals surface area contributed by atoms with Crippen LogP contribution in [0.4, 0.5) is 4.79 Å². The van der Waals surface area contributed by atoms with Crippen molar-refractivity contribution in [3.8, 4) is 0 Å². The number of ether oxygens (including phenoxy) is 1. The first-order valence-electron chi connectivity index (χ1n) is 7.82. The highest BCUT2D eigenvalue weighted by Crippen LogP contribution is 2.13. The number of rotatable bonds is 5. The van der Waals surface area contributed by atoms with Crippen LogP contribution in [0.2, 0.25) is 0 Å². The Morgan fingerprint density at radius 3 is 2.44 bits per heavy atom. The fourth-order valence-electron chi connectivity index (χ4n) is 2.44. The van der Waals surface area contributed by atoms with Crippen molar-refractivity contribution in [3.05, 3.63) is 0 Å². The maximum atomic E-state index is 12.2.